The van der Waals surface area contributed by atoms with Crippen molar-refractivity contribution in [1.82, 2.24) is 4.90 Å². The van der Waals surface area contributed by atoms with E-state index in [0.29, 0.717) is 11.1 Å². The maximum atomic E-state index is 13.6. The molecule has 0 fully saturated rings. The standard InChI is InChI=1S/C31H27NO6/c1-17-10-15-24-23(16-17)25(33)27(26(37-24)19-11-13-20(14-12-19)31(3,4)5)38-30(36)18(2)32-28(34)21-8-6-7-9-22(21)29(32)35/h6-16,18H,1-5H3/t18-/m1/s1. The van der Waals surface area contributed by atoms with Crippen LogP contribution in [0.5, 0.6) is 5.75 Å². The van der Waals surface area contributed by atoms with Gasteiger partial charge in [0.1, 0.15) is 11.6 Å². The highest BCUT2D eigenvalue weighted by Crippen LogP contribution is 2.34. The molecule has 0 bridgehead atoms. The van der Waals surface area contributed by atoms with E-state index in [2.05, 4.69) is 20.8 Å². The maximum absolute atomic E-state index is 13.6. The Morgan fingerprint density at radius 3 is 2.08 bits per heavy atom. The Morgan fingerprint density at radius 2 is 1.50 bits per heavy atom. The van der Waals surface area contributed by atoms with Gasteiger partial charge in [-0.05, 0) is 49.1 Å². The van der Waals surface area contributed by atoms with E-state index >= 15 is 0 Å². The normalized spacial score (nSPS) is 14.1. The average molecular weight is 510 g/mol. The molecule has 3 aromatic carbocycles. The number of imide groups is 1. The zero-order valence-electron chi connectivity index (χ0n) is 21.8. The first-order chi connectivity index (χ1) is 18.0. The molecule has 1 atom stereocenters. The molecule has 0 spiro atoms. The molecule has 5 rings (SSSR count). The molecule has 2 amide bonds. The van der Waals surface area contributed by atoms with Gasteiger partial charge >= 0.3 is 5.97 Å². The minimum absolute atomic E-state index is 0.0859. The summed E-state index contributed by atoms with van der Waals surface area (Å²) in [6.07, 6.45) is 0. The number of benzene rings is 3. The van der Waals surface area contributed by atoms with E-state index in [1.807, 2.05) is 37.3 Å². The van der Waals surface area contributed by atoms with Gasteiger partial charge in [0.25, 0.3) is 11.8 Å². The molecule has 2 heterocycles. The second-order valence-corrected chi connectivity index (χ2v) is 10.5. The molecule has 1 aliphatic rings. The number of esters is 1. The lowest BCUT2D eigenvalue weighted by Gasteiger charge is -2.21. The third kappa shape index (κ3) is 4.20. The van der Waals surface area contributed by atoms with E-state index in [0.717, 1.165) is 16.0 Å². The zero-order chi connectivity index (χ0) is 27.4. The van der Waals surface area contributed by atoms with Crippen molar-refractivity contribution in [3.05, 3.63) is 99.2 Å². The fourth-order valence-electron chi connectivity index (χ4n) is 4.55. The van der Waals surface area contributed by atoms with Gasteiger partial charge in [-0.15, -0.1) is 0 Å². The van der Waals surface area contributed by atoms with Gasteiger partial charge in [0.15, 0.2) is 5.76 Å². The van der Waals surface area contributed by atoms with Crippen LogP contribution < -0.4 is 10.2 Å². The van der Waals surface area contributed by atoms with E-state index in [1.54, 1.807) is 24.3 Å². The summed E-state index contributed by atoms with van der Waals surface area (Å²) in [7, 11) is 0. The molecule has 38 heavy (non-hydrogen) atoms. The minimum atomic E-state index is -1.27. The molecular formula is C31H27NO6. The van der Waals surface area contributed by atoms with Crippen LogP contribution in [0, 0.1) is 6.92 Å². The Bertz CT molecular complexity index is 1640. The van der Waals surface area contributed by atoms with Crippen LogP contribution in [0.1, 0.15) is 59.5 Å². The zero-order valence-corrected chi connectivity index (χ0v) is 21.8. The topological polar surface area (TPSA) is 93.9 Å². The van der Waals surface area contributed by atoms with Gasteiger partial charge in [0.2, 0.25) is 11.2 Å². The van der Waals surface area contributed by atoms with E-state index in [1.165, 1.54) is 19.1 Å². The van der Waals surface area contributed by atoms with E-state index in [9.17, 15) is 19.2 Å². The molecule has 0 N–H and O–H groups in total. The van der Waals surface area contributed by atoms with E-state index < -0.39 is 29.3 Å². The average Bonchev–Trinajstić information content (AvgIpc) is 3.14. The first-order valence-electron chi connectivity index (χ1n) is 12.3. The van der Waals surface area contributed by atoms with Crippen LogP contribution in [0.25, 0.3) is 22.3 Å². The molecule has 1 aliphatic heterocycles. The van der Waals surface area contributed by atoms with Crippen molar-refractivity contribution in [2.75, 3.05) is 0 Å². The molecule has 0 aliphatic carbocycles. The summed E-state index contributed by atoms with van der Waals surface area (Å²) in [5.41, 5.74) is 2.65. The molecule has 1 aromatic heterocycles. The number of carbonyl (C=O) groups is 3. The summed E-state index contributed by atoms with van der Waals surface area (Å²) in [5, 5.41) is 0.260. The smallest absolute Gasteiger partial charge is 0.334 e. The van der Waals surface area contributed by atoms with Gasteiger partial charge in [0, 0.05) is 5.56 Å². The van der Waals surface area contributed by atoms with Crippen molar-refractivity contribution in [3.63, 3.8) is 0 Å². The molecule has 4 aromatic rings. The Labute approximate surface area is 219 Å². The molecule has 192 valence electrons. The van der Waals surface area contributed by atoms with Crippen LogP contribution in [0.2, 0.25) is 0 Å². The first-order valence-corrected chi connectivity index (χ1v) is 12.3. The number of hydrogen-bond acceptors (Lipinski definition) is 6. The number of aryl methyl sites for hydroxylation is 1. The minimum Gasteiger partial charge on any atom is -0.452 e. The molecular weight excluding hydrogens is 482 g/mol. The van der Waals surface area contributed by atoms with Gasteiger partial charge in [-0.2, -0.15) is 0 Å². The number of amides is 2. The lowest BCUT2D eigenvalue weighted by molar-refractivity contribution is -0.138. The Balaban J connectivity index is 1.57. The predicted octanol–water partition coefficient (Wildman–Crippen LogP) is 5.66. The van der Waals surface area contributed by atoms with Crippen molar-refractivity contribution in [3.8, 4) is 17.1 Å². The molecule has 0 radical (unpaired) electrons. The van der Waals surface area contributed by atoms with Crippen molar-refractivity contribution in [2.45, 2.75) is 46.1 Å². The van der Waals surface area contributed by atoms with Crippen LogP contribution in [0.4, 0.5) is 0 Å². The summed E-state index contributed by atoms with van der Waals surface area (Å²) >= 11 is 0. The second kappa shape index (κ2) is 9.10. The number of rotatable bonds is 4. The Kier molecular flexibility index (Phi) is 6.02. The van der Waals surface area contributed by atoms with Crippen LogP contribution in [0.15, 0.2) is 75.9 Å². The van der Waals surface area contributed by atoms with Crippen molar-refractivity contribution >= 4 is 28.8 Å². The number of ether oxygens (including phenoxy) is 1. The highest BCUT2D eigenvalue weighted by Gasteiger charge is 2.41. The number of carbonyl (C=O) groups excluding carboxylic acids is 3. The molecule has 0 unspecified atom stereocenters. The van der Waals surface area contributed by atoms with Crippen molar-refractivity contribution in [2.24, 2.45) is 0 Å². The highest BCUT2D eigenvalue weighted by atomic mass is 16.5. The predicted molar refractivity (Wildman–Crippen MR) is 143 cm³/mol. The van der Waals surface area contributed by atoms with E-state index in [-0.39, 0.29) is 33.4 Å². The van der Waals surface area contributed by atoms with Gasteiger partial charge in [-0.3, -0.25) is 19.3 Å². The Morgan fingerprint density at radius 1 is 0.895 bits per heavy atom. The van der Waals surface area contributed by atoms with Crippen molar-refractivity contribution < 1.29 is 23.5 Å². The monoisotopic (exact) mass is 509 g/mol. The Hall–Kier alpha value is -4.52. The van der Waals surface area contributed by atoms with Crippen LogP contribution in [-0.2, 0) is 10.2 Å². The quantitative estimate of drug-likeness (QED) is 0.260. The fourth-order valence-corrected chi connectivity index (χ4v) is 4.55. The third-order valence-corrected chi connectivity index (χ3v) is 6.77. The van der Waals surface area contributed by atoms with Gasteiger partial charge in [0.05, 0.1) is 16.5 Å². The fraction of sp³-hybridized carbons (Fsp3) is 0.226. The lowest BCUT2D eigenvalue weighted by Crippen LogP contribution is -2.45. The molecule has 0 saturated heterocycles. The maximum Gasteiger partial charge on any atom is 0.334 e. The summed E-state index contributed by atoms with van der Waals surface area (Å²) in [4.78, 5) is 53.6. The van der Waals surface area contributed by atoms with Crippen LogP contribution >= 0.6 is 0 Å². The molecule has 7 nitrogen and oxygen atoms in total. The van der Waals surface area contributed by atoms with Crippen LogP contribution in [0.3, 0.4) is 0 Å². The van der Waals surface area contributed by atoms with Crippen molar-refractivity contribution in [1.29, 1.82) is 0 Å². The summed E-state index contributed by atoms with van der Waals surface area (Å²) in [6.45, 7) is 9.51. The number of fused-ring (bicyclic) bond motifs is 2. The lowest BCUT2D eigenvalue weighted by atomic mass is 9.86. The number of nitrogens with zero attached hydrogens (tertiary/aromatic N) is 1. The van der Waals surface area contributed by atoms with Gasteiger partial charge in [-0.1, -0.05) is 68.8 Å². The largest absolute Gasteiger partial charge is 0.452 e. The summed E-state index contributed by atoms with van der Waals surface area (Å²) < 4.78 is 11.8. The SMILES string of the molecule is Cc1ccc2oc(-c3ccc(C(C)(C)C)cc3)c(OC(=O)[C@@H](C)N3C(=O)c4ccccc4C3=O)c(=O)c2c1. The summed E-state index contributed by atoms with van der Waals surface area (Å²) in [5.74, 6) is -2.30. The molecule has 7 heteroatoms. The second-order valence-electron chi connectivity index (χ2n) is 10.5. The van der Waals surface area contributed by atoms with E-state index in [4.69, 9.17) is 9.15 Å². The van der Waals surface area contributed by atoms with Gasteiger partial charge < -0.3 is 9.15 Å². The summed E-state index contributed by atoms with van der Waals surface area (Å²) in [6, 6.07) is 17.8. The van der Waals surface area contributed by atoms with Gasteiger partial charge in [-0.25, -0.2) is 4.79 Å². The highest BCUT2D eigenvalue weighted by molar-refractivity contribution is 6.22. The third-order valence-electron chi connectivity index (χ3n) is 6.77. The van der Waals surface area contributed by atoms with Crippen LogP contribution in [-0.4, -0.2) is 28.7 Å². The first kappa shape index (κ1) is 25.1. The number of hydrogen-bond donors (Lipinski definition) is 0. The molecule has 0 saturated carbocycles.